The molecular weight excluding hydrogens is 395 g/mol. The van der Waals surface area contributed by atoms with Crippen LogP contribution < -0.4 is 14.5 Å². The van der Waals surface area contributed by atoms with Gasteiger partial charge in [-0.2, -0.15) is 0 Å². The quantitative estimate of drug-likeness (QED) is 0.549. The molecule has 1 aliphatic rings. The highest BCUT2D eigenvalue weighted by molar-refractivity contribution is 6.46. The van der Waals surface area contributed by atoms with E-state index in [9.17, 15) is 14.0 Å². The zero-order valence-corrected chi connectivity index (χ0v) is 17.2. The smallest absolute Gasteiger partial charge is 0.282 e. The lowest BCUT2D eigenvalue weighted by Crippen LogP contribution is -2.34. The molecule has 6 heteroatoms. The Hall–Kier alpha value is -3.93. The molecular formula is C25H21FN2O3. The fourth-order valence-electron chi connectivity index (χ4n) is 3.58. The average Bonchev–Trinajstić information content (AvgIpc) is 3.05. The molecule has 5 nitrogen and oxygen atoms in total. The maximum Gasteiger partial charge on any atom is 0.282 e. The van der Waals surface area contributed by atoms with Crippen LogP contribution in [0.5, 0.6) is 5.75 Å². The number of hydrogen-bond donors (Lipinski definition) is 0. The summed E-state index contributed by atoms with van der Waals surface area (Å²) < 4.78 is 18.9. The monoisotopic (exact) mass is 416 g/mol. The van der Waals surface area contributed by atoms with Crippen molar-refractivity contribution in [2.24, 2.45) is 0 Å². The predicted octanol–water partition coefficient (Wildman–Crippen LogP) is 4.65. The molecule has 3 aromatic carbocycles. The number of ether oxygens (including phenoxy) is 1. The number of carbonyl (C=O) groups excluding carboxylic acids is 2. The van der Waals surface area contributed by atoms with E-state index < -0.39 is 17.6 Å². The third-order valence-corrected chi connectivity index (χ3v) is 5.08. The third-order valence-electron chi connectivity index (χ3n) is 5.08. The summed E-state index contributed by atoms with van der Waals surface area (Å²) in [4.78, 5) is 29.7. The molecule has 0 radical (unpaired) electrons. The van der Waals surface area contributed by atoms with Crippen LogP contribution in [0.4, 0.5) is 15.8 Å². The molecule has 0 N–H and O–H groups in total. The Morgan fingerprint density at radius 2 is 1.52 bits per heavy atom. The molecule has 0 unspecified atom stereocenters. The summed E-state index contributed by atoms with van der Waals surface area (Å²) in [6.07, 6.45) is 0. The van der Waals surface area contributed by atoms with Crippen LogP contribution in [0, 0.1) is 5.82 Å². The molecule has 0 aromatic heterocycles. The van der Waals surface area contributed by atoms with Crippen LogP contribution in [-0.2, 0) is 9.59 Å². The van der Waals surface area contributed by atoms with Gasteiger partial charge >= 0.3 is 0 Å². The van der Waals surface area contributed by atoms with E-state index in [4.69, 9.17) is 4.74 Å². The molecule has 1 aliphatic heterocycles. The zero-order chi connectivity index (χ0) is 22.0. The van der Waals surface area contributed by atoms with Crippen molar-refractivity contribution >= 4 is 28.8 Å². The number of nitrogens with zero attached hydrogens (tertiary/aromatic N) is 2. The zero-order valence-electron chi connectivity index (χ0n) is 17.2. The highest BCUT2D eigenvalue weighted by Gasteiger charge is 2.42. The first-order valence-electron chi connectivity index (χ1n) is 9.92. The number of halogens is 1. The SMILES string of the molecule is CCOc1ccc(C2=C(N(C)c3ccccc3)C(=O)N(c3ccc(F)cc3)C2=O)cc1. The van der Waals surface area contributed by atoms with Gasteiger partial charge in [-0.15, -0.1) is 0 Å². The second-order valence-corrected chi connectivity index (χ2v) is 7.00. The molecule has 0 saturated carbocycles. The second kappa shape index (κ2) is 8.44. The predicted molar refractivity (Wildman–Crippen MR) is 118 cm³/mol. The molecule has 1 heterocycles. The molecule has 0 saturated heterocycles. The summed E-state index contributed by atoms with van der Waals surface area (Å²) in [5, 5.41) is 0. The van der Waals surface area contributed by atoms with Crippen molar-refractivity contribution in [3.63, 3.8) is 0 Å². The highest BCUT2D eigenvalue weighted by atomic mass is 19.1. The Labute approximate surface area is 180 Å². The van der Waals surface area contributed by atoms with Crippen LogP contribution in [0.25, 0.3) is 5.57 Å². The van der Waals surface area contributed by atoms with Crippen molar-refractivity contribution in [1.29, 1.82) is 0 Å². The Morgan fingerprint density at radius 3 is 2.13 bits per heavy atom. The van der Waals surface area contributed by atoms with Gasteiger partial charge in [0.05, 0.1) is 17.9 Å². The average molecular weight is 416 g/mol. The summed E-state index contributed by atoms with van der Waals surface area (Å²) in [6, 6.07) is 21.7. The number of hydrogen-bond acceptors (Lipinski definition) is 4. The van der Waals surface area contributed by atoms with Crippen LogP contribution in [0.1, 0.15) is 12.5 Å². The molecule has 156 valence electrons. The Balaban J connectivity index is 1.83. The first-order chi connectivity index (χ1) is 15.0. The molecule has 4 rings (SSSR count). The largest absolute Gasteiger partial charge is 0.494 e. The van der Waals surface area contributed by atoms with Gasteiger partial charge < -0.3 is 9.64 Å². The number of likely N-dealkylation sites (N-methyl/N-ethyl adjacent to an activating group) is 1. The molecule has 3 aromatic rings. The lowest BCUT2D eigenvalue weighted by molar-refractivity contribution is -0.120. The summed E-state index contributed by atoms with van der Waals surface area (Å²) in [5.74, 6) is -0.688. The number of benzene rings is 3. The van der Waals surface area contributed by atoms with E-state index in [2.05, 4.69) is 0 Å². The van der Waals surface area contributed by atoms with Crippen LogP contribution in [0.2, 0.25) is 0 Å². The van der Waals surface area contributed by atoms with Gasteiger partial charge in [-0.3, -0.25) is 9.59 Å². The van der Waals surface area contributed by atoms with E-state index in [1.165, 1.54) is 24.3 Å². The van der Waals surface area contributed by atoms with E-state index in [1.54, 1.807) is 36.2 Å². The highest BCUT2D eigenvalue weighted by Crippen LogP contribution is 2.36. The maximum absolute atomic E-state index is 13.5. The van der Waals surface area contributed by atoms with Gasteiger partial charge in [0.1, 0.15) is 17.3 Å². The fourth-order valence-corrected chi connectivity index (χ4v) is 3.58. The van der Waals surface area contributed by atoms with Gasteiger partial charge in [0.25, 0.3) is 11.8 Å². The normalized spacial score (nSPS) is 13.7. The van der Waals surface area contributed by atoms with Crippen LogP contribution >= 0.6 is 0 Å². The van der Waals surface area contributed by atoms with Crippen molar-refractivity contribution in [3.05, 3.63) is 95.9 Å². The lowest BCUT2D eigenvalue weighted by atomic mass is 10.0. The van der Waals surface area contributed by atoms with E-state index in [0.717, 1.165) is 10.6 Å². The molecule has 2 amide bonds. The Morgan fingerprint density at radius 1 is 0.871 bits per heavy atom. The topological polar surface area (TPSA) is 49.9 Å². The van der Waals surface area contributed by atoms with E-state index in [-0.39, 0.29) is 11.3 Å². The van der Waals surface area contributed by atoms with Crippen LogP contribution in [0.3, 0.4) is 0 Å². The summed E-state index contributed by atoms with van der Waals surface area (Å²) in [5.41, 5.74) is 2.22. The Kier molecular flexibility index (Phi) is 5.54. The van der Waals surface area contributed by atoms with Gasteiger partial charge in [-0.1, -0.05) is 30.3 Å². The molecule has 31 heavy (non-hydrogen) atoms. The molecule has 0 aliphatic carbocycles. The second-order valence-electron chi connectivity index (χ2n) is 7.00. The molecule has 0 atom stereocenters. The maximum atomic E-state index is 13.5. The summed E-state index contributed by atoms with van der Waals surface area (Å²) >= 11 is 0. The molecule has 0 bridgehead atoms. The van der Waals surface area contributed by atoms with Crippen molar-refractivity contribution in [1.82, 2.24) is 0 Å². The third kappa shape index (κ3) is 3.80. The number of anilines is 2. The fraction of sp³-hybridized carbons (Fsp3) is 0.120. The van der Waals surface area contributed by atoms with Crippen molar-refractivity contribution in [2.75, 3.05) is 23.5 Å². The van der Waals surface area contributed by atoms with E-state index in [0.29, 0.717) is 23.6 Å². The van der Waals surface area contributed by atoms with Gasteiger partial charge in [-0.25, -0.2) is 9.29 Å². The minimum Gasteiger partial charge on any atom is -0.494 e. The number of carbonyl (C=O) groups is 2. The number of para-hydroxylation sites is 1. The first kappa shape index (κ1) is 20.3. The van der Waals surface area contributed by atoms with Crippen molar-refractivity contribution in [2.45, 2.75) is 6.92 Å². The first-order valence-corrected chi connectivity index (χ1v) is 9.92. The van der Waals surface area contributed by atoms with Crippen molar-refractivity contribution < 1.29 is 18.7 Å². The van der Waals surface area contributed by atoms with Crippen molar-refractivity contribution in [3.8, 4) is 5.75 Å². The standard InChI is InChI=1S/C25H21FN2O3/c1-3-31-21-15-9-17(10-16-21)22-23(27(2)19-7-5-4-6-8-19)25(30)28(24(22)29)20-13-11-18(26)12-14-20/h4-16H,3H2,1-2H3. The summed E-state index contributed by atoms with van der Waals surface area (Å²) in [6.45, 7) is 2.42. The van der Waals surface area contributed by atoms with E-state index >= 15 is 0 Å². The van der Waals surface area contributed by atoms with Gasteiger partial charge in [-0.05, 0) is 61.0 Å². The Bertz CT molecular complexity index is 1140. The summed E-state index contributed by atoms with van der Waals surface area (Å²) in [7, 11) is 1.75. The molecule has 0 spiro atoms. The van der Waals surface area contributed by atoms with Gasteiger partial charge in [0, 0.05) is 12.7 Å². The van der Waals surface area contributed by atoms with Gasteiger partial charge in [0.2, 0.25) is 0 Å². The minimum absolute atomic E-state index is 0.254. The number of amides is 2. The molecule has 0 fully saturated rings. The van der Waals surface area contributed by atoms with Gasteiger partial charge in [0.15, 0.2) is 0 Å². The minimum atomic E-state index is -0.466. The van der Waals surface area contributed by atoms with E-state index in [1.807, 2.05) is 37.3 Å². The number of rotatable bonds is 6. The number of imide groups is 1. The van der Waals surface area contributed by atoms with Crippen LogP contribution in [-0.4, -0.2) is 25.5 Å². The lowest BCUT2D eigenvalue weighted by Gasteiger charge is -2.21. The van der Waals surface area contributed by atoms with Crippen LogP contribution in [0.15, 0.2) is 84.6 Å².